The zero-order chi connectivity index (χ0) is 15.0. The Hall–Kier alpha value is -2.08. The maximum absolute atomic E-state index is 11.0. The van der Waals surface area contributed by atoms with Crippen LogP contribution in [-0.2, 0) is 6.54 Å². The van der Waals surface area contributed by atoms with E-state index in [0.717, 1.165) is 41.6 Å². The maximum Gasteiger partial charge on any atom is 0.345 e. The number of aromatic carboxylic acids is 1. The molecular weight excluding hydrogens is 286 g/mol. The summed E-state index contributed by atoms with van der Waals surface area (Å²) in [5, 5.41) is 9.01. The van der Waals surface area contributed by atoms with Crippen molar-refractivity contribution in [3.05, 3.63) is 39.7 Å². The van der Waals surface area contributed by atoms with Crippen molar-refractivity contribution in [1.29, 1.82) is 0 Å². The molecular formula is C15H17N3O2S. The summed E-state index contributed by atoms with van der Waals surface area (Å²) in [6.45, 7) is 4.59. The van der Waals surface area contributed by atoms with Gasteiger partial charge in [-0.25, -0.2) is 9.78 Å². The third kappa shape index (κ3) is 2.71. The van der Waals surface area contributed by atoms with Crippen LogP contribution >= 0.6 is 11.3 Å². The van der Waals surface area contributed by atoms with E-state index in [1.54, 1.807) is 6.07 Å². The van der Waals surface area contributed by atoms with Crippen LogP contribution in [0.3, 0.4) is 0 Å². The van der Waals surface area contributed by atoms with Gasteiger partial charge in [0.15, 0.2) is 5.82 Å². The Morgan fingerprint density at radius 2 is 2.24 bits per heavy atom. The highest BCUT2D eigenvalue weighted by molar-refractivity contribution is 7.13. The Balaban J connectivity index is 1.88. The average molecular weight is 303 g/mol. The minimum absolute atomic E-state index is 0.390. The highest BCUT2D eigenvalue weighted by atomic mass is 32.1. The van der Waals surface area contributed by atoms with Crippen LogP contribution < -0.4 is 9.80 Å². The first-order chi connectivity index (χ1) is 10.0. The fourth-order valence-corrected chi connectivity index (χ4v) is 3.36. The summed E-state index contributed by atoms with van der Waals surface area (Å²) in [4.78, 5) is 21.4. The van der Waals surface area contributed by atoms with Crippen LogP contribution in [0.5, 0.6) is 0 Å². The van der Waals surface area contributed by atoms with E-state index >= 15 is 0 Å². The number of thiophene rings is 1. The monoisotopic (exact) mass is 303 g/mol. The molecule has 0 spiro atoms. The highest BCUT2D eigenvalue weighted by Crippen LogP contribution is 2.32. The molecule has 2 aromatic heterocycles. The fourth-order valence-electron chi connectivity index (χ4n) is 2.50. The fraction of sp³-hybridized carbons (Fsp3) is 0.333. The number of aryl methyl sites for hydroxylation is 1. The van der Waals surface area contributed by atoms with E-state index in [1.165, 1.54) is 11.3 Å². The SMILES string of the molecule is Cc1cnc2c(c1)N(Cc1ccc(C(=O)O)s1)CCN2C. The van der Waals surface area contributed by atoms with Gasteiger partial charge in [-0.3, -0.25) is 0 Å². The average Bonchev–Trinajstić information content (AvgIpc) is 2.91. The molecule has 1 N–H and O–H groups in total. The first-order valence-electron chi connectivity index (χ1n) is 6.79. The molecule has 0 radical (unpaired) electrons. The Morgan fingerprint density at radius 3 is 2.95 bits per heavy atom. The number of likely N-dealkylation sites (N-methyl/N-ethyl adjacent to an activating group) is 1. The van der Waals surface area contributed by atoms with Crippen LogP contribution in [0.4, 0.5) is 11.5 Å². The second-order valence-electron chi connectivity index (χ2n) is 5.27. The third-order valence-corrected chi connectivity index (χ3v) is 4.67. The van der Waals surface area contributed by atoms with Gasteiger partial charge in [-0.15, -0.1) is 11.3 Å². The van der Waals surface area contributed by atoms with Crippen molar-refractivity contribution in [2.45, 2.75) is 13.5 Å². The zero-order valence-electron chi connectivity index (χ0n) is 12.0. The van der Waals surface area contributed by atoms with Crippen molar-refractivity contribution in [2.75, 3.05) is 29.9 Å². The highest BCUT2D eigenvalue weighted by Gasteiger charge is 2.22. The first kappa shape index (κ1) is 13.9. The topological polar surface area (TPSA) is 56.7 Å². The van der Waals surface area contributed by atoms with E-state index in [4.69, 9.17) is 5.11 Å². The van der Waals surface area contributed by atoms with Crippen LogP contribution in [0, 0.1) is 6.92 Å². The number of nitrogens with zero attached hydrogens (tertiary/aromatic N) is 3. The molecule has 0 fully saturated rings. The zero-order valence-corrected chi connectivity index (χ0v) is 12.9. The summed E-state index contributed by atoms with van der Waals surface area (Å²) in [6, 6.07) is 5.72. The molecule has 0 aliphatic carbocycles. The van der Waals surface area contributed by atoms with Crippen LogP contribution in [0.2, 0.25) is 0 Å². The van der Waals surface area contributed by atoms with Crippen molar-refractivity contribution in [2.24, 2.45) is 0 Å². The largest absolute Gasteiger partial charge is 0.477 e. The predicted octanol–water partition coefficient (Wildman–Crippen LogP) is 2.61. The van der Waals surface area contributed by atoms with Crippen LogP contribution in [0.1, 0.15) is 20.1 Å². The molecule has 21 heavy (non-hydrogen) atoms. The minimum Gasteiger partial charge on any atom is -0.477 e. The van der Waals surface area contributed by atoms with Crippen LogP contribution in [0.25, 0.3) is 0 Å². The molecule has 0 amide bonds. The number of aromatic nitrogens is 1. The Kier molecular flexibility index (Phi) is 3.55. The van der Waals surface area contributed by atoms with Gasteiger partial charge < -0.3 is 14.9 Å². The quantitative estimate of drug-likeness (QED) is 0.944. The molecule has 1 aliphatic heterocycles. The third-order valence-electron chi connectivity index (χ3n) is 3.61. The smallest absolute Gasteiger partial charge is 0.345 e. The molecule has 0 saturated heterocycles. The lowest BCUT2D eigenvalue weighted by molar-refractivity contribution is 0.0702. The number of hydrogen-bond acceptors (Lipinski definition) is 5. The van der Waals surface area contributed by atoms with Gasteiger partial charge in [0.2, 0.25) is 0 Å². The number of carbonyl (C=O) groups is 1. The number of anilines is 2. The van der Waals surface area contributed by atoms with Gasteiger partial charge in [0.05, 0.1) is 12.2 Å². The van der Waals surface area contributed by atoms with Crippen molar-refractivity contribution in [3.63, 3.8) is 0 Å². The number of fused-ring (bicyclic) bond motifs is 1. The molecule has 0 saturated carbocycles. The Labute approximate surface area is 127 Å². The number of carboxylic acid groups (broad SMARTS) is 1. The molecule has 3 rings (SSSR count). The summed E-state index contributed by atoms with van der Waals surface area (Å²) < 4.78 is 0. The van der Waals surface area contributed by atoms with Gasteiger partial charge >= 0.3 is 5.97 Å². The molecule has 3 heterocycles. The molecule has 1 aliphatic rings. The van der Waals surface area contributed by atoms with Gasteiger partial charge in [-0.2, -0.15) is 0 Å². The van der Waals surface area contributed by atoms with Gasteiger partial charge in [-0.1, -0.05) is 0 Å². The Bertz CT molecular complexity index is 683. The van der Waals surface area contributed by atoms with Crippen LogP contribution in [-0.4, -0.2) is 36.2 Å². The number of pyridine rings is 1. The van der Waals surface area contributed by atoms with Crippen molar-refractivity contribution in [1.82, 2.24) is 4.98 Å². The predicted molar refractivity (Wildman–Crippen MR) is 84.6 cm³/mol. The van der Waals surface area contributed by atoms with Crippen molar-refractivity contribution >= 4 is 28.8 Å². The molecule has 0 bridgehead atoms. The maximum atomic E-state index is 11.0. The molecule has 5 nitrogen and oxygen atoms in total. The van der Waals surface area contributed by atoms with Gasteiger partial charge in [0.25, 0.3) is 0 Å². The van der Waals surface area contributed by atoms with E-state index in [0.29, 0.717) is 4.88 Å². The van der Waals surface area contributed by atoms with E-state index in [-0.39, 0.29) is 0 Å². The standard InChI is InChI=1S/C15H17N3O2S/c1-10-7-12-14(16-8-10)17(2)5-6-18(12)9-11-3-4-13(21-11)15(19)20/h3-4,7-8H,5-6,9H2,1-2H3,(H,19,20). The lowest BCUT2D eigenvalue weighted by Gasteiger charge is -2.36. The van der Waals surface area contributed by atoms with E-state index < -0.39 is 5.97 Å². The summed E-state index contributed by atoms with van der Waals surface area (Å²) in [5.41, 5.74) is 2.25. The molecule has 6 heteroatoms. The summed E-state index contributed by atoms with van der Waals surface area (Å²) in [6.07, 6.45) is 1.88. The molecule has 2 aromatic rings. The van der Waals surface area contributed by atoms with Gasteiger partial charge in [0, 0.05) is 31.2 Å². The van der Waals surface area contributed by atoms with Crippen LogP contribution in [0.15, 0.2) is 24.4 Å². The van der Waals surface area contributed by atoms with Gasteiger partial charge in [-0.05, 0) is 30.7 Å². The van der Waals surface area contributed by atoms with Gasteiger partial charge in [0.1, 0.15) is 4.88 Å². The molecule has 0 aromatic carbocycles. The number of hydrogen-bond donors (Lipinski definition) is 1. The normalized spacial score (nSPS) is 14.2. The second kappa shape index (κ2) is 5.37. The second-order valence-corrected chi connectivity index (χ2v) is 6.44. The van der Waals surface area contributed by atoms with E-state index in [2.05, 4.69) is 20.9 Å². The first-order valence-corrected chi connectivity index (χ1v) is 7.61. The minimum atomic E-state index is -0.859. The summed E-state index contributed by atoms with van der Waals surface area (Å²) >= 11 is 1.34. The number of rotatable bonds is 3. The molecule has 110 valence electrons. The van der Waals surface area contributed by atoms with Crippen molar-refractivity contribution < 1.29 is 9.90 Å². The number of carboxylic acids is 1. The molecule has 0 unspecified atom stereocenters. The van der Waals surface area contributed by atoms with E-state index in [1.807, 2.05) is 26.2 Å². The lowest BCUT2D eigenvalue weighted by Crippen LogP contribution is -2.39. The summed E-state index contributed by atoms with van der Waals surface area (Å²) in [5.74, 6) is 0.129. The summed E-state index contributed by atoms with van der Waals surface area (Å²) in [7, 11) is 2.05. The van der Waals surface area contributed by atoms with Crippen molar-refractivity contribution in [3.8, 4) is 0 Å². The molecule has 0 atom stereocenters. The Morgan fingerprint density at radius 1 is 1.43 bits per heavy atom. The lowest BCUT2D eigenvalue weighted by atomic mass is 10.2. The van der Waals surface area contributed by atoms with E-state index in [9.17, 15) is 4.79 Å².